The third kappa shape index (κ3) is 6.49. The molecular weight excluding hydrogens is 488 g/mol. The molecule has 1 saturated heterocycles. The van der Waals surface area contributed by atoms with E-state index in [0.717, 1.165) is 37.7 Å². The highest BCUT2D eigenvalue weighted by Crippen LogP contribution is 2.32. The molecule has 192 valence electrons. The van der Waals surface area contributed by atoms with Crippen molar-refractivity contribution >= 4 is 21.6 Å². The number of piperidine rings is 1. The number of hydrogen-bond acceptors (Lipinski definition) is 6. The van der Waals surface area contributed by atoms with Gasteiger partial charge in [-0.15, -0.1) is 0 Å². The Labute approximate surface area is 201 Å². The third-order valence-corrected chi connectivity index (χ3v) is 7.22. The van der Waals surface area contributed by atoms with E-state index >= 15 is 0 Å². The molecule has 12 heteroatoms. The number of nitrogens with one attached hydrogen (secondary N) is 1. The van der Waals surface area contributed by atoms with E-state index in [1.807, 2.05) is 0 Å². The Hall–Kier alpha value is -2.73. The molecule has 35 heavy (non-hydrogen) atoms. The van der Waals surface area contributed by atoms with Crippen LogP contribution >= 0.6 is 0 Å². The number of halogens is 4. The van der Waals surface area contributed by atoms with E-state index in [9.17, 15) is 30.8 Å². The third-order valence-electron chi connectivity index (χ3n) is 6.04. The second-order valence-electron chi connectivity index (χ2n) is 8.70. The lowest BCUT2D eigenvalue weighted by Crippen LogP contribution is -2.33. The monoisotopic (exact) mass is 516 g/mol. The molecule has 0 spiro atoms. The van der Waals surface area contributed by atoms with Crippen molar-refractivity contribution < 1.29 is 30.8 Å². The van der Waals surface area contributed by atoms with E-state index < -0.39 is 44.7 Å². The number of sulfone groups is 1. The molecule has 2 heterocycles. The van der Waals surface area contributed by atoms with E-state index in [4.69, 9.17) is 5.73 Å². The average Bonchev–Trinajstić information content (AvgIpc) is 2.80. The molecule has 0 saturated carbocycles. The fourth-order valence-electron chi connectivity index (χ4n) is 3.91. The summed E-state index contributed by atoms with van der Waals surface area (Å²) in [5, 5.41) is 1.16. The van der Waals surface area contributed by atoms with Crippen LogP contribution in [-0.4, -0.2) is 38.7 Å². The van der Waals surface area contributed by atoms with Crippen LogP contribution in [0.3, 0.4) is 0 Å². The lowest BCUT2D eigenvalue weighted by molar-refractivity contribution is -0.141. The second kappa shape index (κ2) is 10.5. The van der Waals surface area contributed by atoms with Gasteiger partial charge < -0.3 is 16.0 Å². The summed E-state index contributed by atoms with van der Waals surface area (Å²) in [4.78, 5) is 18.4. The van der Waals surface area contributed by atoms with Gasteiger partial charge in [-0.05, 0) is 43.9 Å². The van der Waals surface area contributed by atoms with Crippen LogP contribution < -0.4 is 16.0 Å². The highest BCUT2D eigenvalue weighted by Gasteiger charge is 2.34. The summed E-state index contributed by atoms with van der Waals surface area (Å²) >= 11 is 0. The summed E-state index contributed by atoms with van der Waals surface area (Å²) in [5.74, 6) is -1.94. The normalized spacial score (nSPS) is 16.6. The Balaban J connectivity index is 1.77. The van der Waals surface area contributed by atoms with Crippen molar-refractivity contribution in [2.75, 3.05) is 24.2 Å². The molecule has 1 aliphatic rings. The molecule has 7 nitrogen and oxygen atoms in total. The van der Waals surface area contributed by atoms with Crippen molar-refractivity contribution in [3.05, 3.63) is 58.5 Å². The SMILES string of the molecule is CC(C(=O)NCc1ccc(C(F)(F)F)nc1N1CCCCC1)c1ccc(C(N)S(C)(=O)=O)c(F)c1. The zero-order chi connectivity index (χ0) is 26.0. The van der Waals surface area contributed by atoms with E-state index in [0.29, 0.717) is 24.2 Å². The van der Waals surface area contributed by atoms with E-state index in [1.54, 1.807) is 4.90 Å². The lowest BCUT2D eigenvalue weighted by atomic mass is 9.98. The van der Waals surface area contributed by atoms with Gasteiger partial charge in [-0.2, -0.15) is 13.2 Å². The first-order valence-corrected chi connectivity index (χ1v) is 13.1. The molecule has 0 aliphatic carbocycles. The maximum atomic E-state index is 14.5. The number of hydrogen-bond donors (Lipinski definition) is 2. The molecule has 1 fully saturated rings. The van der Waals surface area contributed by atoms with Gasteiger partial charge in [0.2, 0.25) is 5.91 Å². The highest BCUT2D eigenvalue weighted by atomic mass is 32.2. The first kappa shape index (κ1) is 26.9. The number of carbonyl (C=O) groups is 1. The van der Waals surface area contributed by atoms with Crippen LogP contribution in [0.15, 0.2) is 30.3 Å². The van der Waals surface area contributed by atoms with Crippen molar-refractivity contribution in [1.82, 2.24) is 10.3 Å². The number of pyridine rings is 1. The summed E-state index contributed by atoms with van der Waals surface area (Å²) in [6.45, 7) is 2.64. The predicted molar refractivity (Wildman–Crippen MR) is 124 cm³/mol. The smallest absolute Gasteiger partial charge is 0.356 e. The molecular formula is C23H28F4N4O3S. The zero-order valence-corrected chi connectivity index (χ0v) is 20.2. The topological polar surface area (TPSA) is 105 Å². The molecule has 0 radical (unpaired) electrons. The average molecular weight is 517 g/mol. The number of nitrogens with zero attached hydrogens (tertiary/aromatic N) is 2. The molecule has 2 unspecified atom stereocenters. The highest BCUT2D eigenvalue weighted by molar-refractivity contribution is 7.90. The first-order valence-electron chi connectivity index (χ1n) is 11.1. The van der Waals surface area contributed by atoms with Crippen molar-refractivity contribution in [2.45, 2.75) is 50.2 Å². The van der Waals surface area contributed by atoms with Gasteiger partial charge in [-0.3, -0.25) is 4.79 Å². The zero-order valence-electron chi connectivity index (χ0n) is 19.4. The molecule has 3 rings (SSSR count). The van der Waals surface area contributed by atoms with Crippen LogP contribution in [0.2, 0.25) is 0 Å². The van der Waals surface area contributed by atoms with E-state index in [2.05, 4.69) is 10.3 Å². The largest absolute Gasteiger partial charge is 0.433 e. The summed E-state index contributed by atoms with van der Waals surface area (Å²) in [7, 11) is -3.71. The van der Waals surface area contributed by atoms with Crippen LogP contribution in [0.4, 0.5) is 23.4 Å². The van der Waals surface area contributed by atoms with Crippen LogP contribution in [-0.2, 0) is 27.4 Å². The number of alkyl halides is 3. The van der Waals surface area contributed by atoms with Gasteiger partial charge in [0.1, 0.15) is 22.7 Å². The molecule has 1 aromatic carbocycles. The number of anilines is 1. The van der Waals surface area contributed by atoms with E-state index in [1.165, 1.54) is 25.1 Å². The summed E-state index contributed by atoms with van der Waals surface area (Å²) in [6.07, 6.45) is -1.02. The standard InChI is InChI=1S/C23H28F4N4O3S/c1-14(15-6-8-17(18(24)12-15)20(28)35(2,33)34)22(32)29-13-16-7-9-19(23(25,26)27)30-21(16)31-10-4-3-5-11-31/h6-9,12,14,20H,3-5,10-11,13,28H2,1-2H3,(H,29,32). The Morgan fingerprint density at radius 1 is 1.17 bits per heavy atom. The minimum atomic E-state index is -4.59. The lowest BCUT2D eigenvalue weighted by Gasteiger charge is -2.30. The minimum Gasteiger partial charge on any atom is -0.356 e. The number of aromatic nitrogens is 1. The summed E-state index contributed by atoms with van der Waals surface area (Å²) in [6, 6.07) is 5.91. The predicted octanol–water partition coefficient (Wildman–Crippen LogP) is 3.65. The first-order chi connectivity index (χ1) is 16.3. The molecule has 1 amide bonds. The van der Waals surface area contributed by atoms with Gasteiger partial charge in [0.25, 0.3) is 0 Å². The molecule has 2 aromatic rings. The Bertz CT molecular complexity index is 1180. The second-order valence-corrected chi connectivity index (χ2v) is 10.9. The van der Waals surface area contributed by atoms with Gasteiger partial charge >= 0.3 is 6.18 Å². The van der Waals surface area contributed by atoms with Crippen molar-refractivity contribution in [3.8, 4) is 0 Å². The van der Waals surface area contributed by atoms with Crippen LogP contribution in [0.1, 0.15) is 59.9 Å². The fourth-order valence-corrected chi connectivity index (χ4v) is 4.57. The van der Waals surface area contributed by atoms with Crippen molar-refractivity contribution in [1.29, 1.82) is 0 Å². The maximum absolute atomic E-state index is 14.5. The summed E-state index contributed by atoms with van der Waals surface area (Å²) in [5.41, 5.74) is 5.14. The number of nitrogens with two attached hydrogens (primary N) is 1. The van der Waals surface area contributed by atoms with Gasteiger partial charge in [0.05, 0.1) is 5.92 Å². The summed E-state index contributed by atoms with van der Waals surface area (Å²) < 4.78 is 77.4. The van der Waals surface area contributed by atoms with Crippen LogP contribution in [0.5, 0.6) is 0 Å². The van der Waals surface area contributed by atoms with Gasteiger partial charge in [-0.1, -0.05) is 18.2 Å². The van der Waals surface area contributed by atoms with E-state index in [-0.39, 0.29) is 17.9 Å². The molecule has 3 N–H and O–H groups in total. The number of amides is 1. The van der Waals surface area contributed by atoms with Gasteiger partial charge in [-0.25, -0.2) is 17.8 Å². The molecule has 0 bridgehead atoms. The minimum absolute atomic E-state index is 0.0559. The van der Waals surface area contributed by atoms with Gasteiger partial charge in [0.15, 0.2) is 9.84 Å². The molecule has 1 aromatic heterocycles. The number of benzene rings is 1. The molecule has 1 aliphatic heterocycles. The Morgan fingerprint density at radius 3 is 2.40 bits per heavy atom. The van der Waals surface area contributed by atoms with Crippen LogP contribution in [0, 0.1) is 5.82 Å². The maximum Gasteiger partial charge on any atom is 0.433 e. The van der Waals surface area contributed by atoms with Crippen molar-refractivity contribution in [2.24, 2.45) is 5.73 Å². The number of rotatable bonds is 7. The Kier molecular flexibility index (Phi) is 8.05. The fraction of sp³-hybridized carbons (Fsp3) is 0.478. The quantitative estimate of drug-likeness (QED) is 0.545. The number of carbonyl (C=O) groups excluding carboxylic acids is 1. The molecule has 2 atom stereocenters. The Morgan fingerprint density at radius 2 is 1.83 bits per heavy atom. The van der Waals surface area contributed by atoms with Gasteiger partial charge in [0, 0.05) is 37.0 Å². The van der Waals surface area contributed by atoms with Crippen LogP contribution in [0.25, 0.3) is 0 Å². The van der Waals surface area contributed by atoms with Crippen molar-refractivity contribution in [3.63, 3.8) is 0 Å².